The lowest BCUT2D eigenvalue weighted by Gasteiger charge is -2.38. The van der Waals surface area contributed by atoms with Crippen molar-refractivity contribution in [1.29, 1.82) is 0 Å². The topological polar surface area (TPSA) is 89.5 Å². The van der Waals surface area contributed by atoms with Crippen LogP contribution in [0, 0.1) is 10.4 Å². The van der Waals surface area contributed by atoms with Crippen LogP contribution in [0.5, 0.6) is 11.5 Å². The van der Waals surface area contributed by atoms with E-state index in [1.54, 1.807) is 41.5 Å². The first-order valence-electron chi connectivity index (χ1n) is 16.4. The molecule has 2 aromatic carbocycles. The normalized spacial score (nSPS) is 14.1. The summed E-state index contributed by atoms with van der Waals surface area (Å²) in [6.07, 6.45) is 0. The van der Waals surface area contributed by atoms with E-state index in [1.165, 1.54) is 0 Å². The second-order valence-corrected chi connectivity index (χ2v) is 18.6. The Morgan fingerprint density at radius 3 is 0.978 bits per heavy atom. The largest absolute Gasteiger partial charge is 0.728 e. The van der Waals surface area contributed by atoms with Crippen molar-refractivity contribution in [3.05, 3.63) is 68.1 Å². The van der Waals surface area contributed by atoms with Gasteiger partial charge in [-0.2, -0.15) is 0 Å². The van der Waals surface area contributed by atoms with Crippen molar-refractivity contribution >= 4 is 0 Å². The summed E-state index contributed by atoms with van der Waals surface area (Å²) in [6, 6.07) is 8.45. The molecule has 0 aliphatic rings. The maximum atomic E-state index is 13.2. The maximum Gasteiger partial charge on any atom is 0.156 e. The average Bonchev–Trinajstić information content (AvgIpc) is 2.78. The first kappa shape index (κ1) is 40.0. The van der Waals surface area contributed by atoms with Gasteiger partial charge < -0.3 is 20.1 Å². The molecule has 46 heavy (non-hydrogen) atoms. The van der Waals surface area contributed by atoms with Crippen LogP contribution in [0.2, 0.25) is 0 Å². The average molecular weight is 643 g/mol. The number of hydrogen-bond donors (Lipinski definition) is 0. The third-order valence-corrected chi connectivity index (χ3v) is 7.54. The Morgan fingerprint density at radius 2 is 0.761 bits per heavy atom. The zero-order valence-electron chi connectivity index (χ0n) is 32.2. The molecule has 0 aromatic heterocycles. The van der Waals surface area contributed by atoms with Crippen LogP contribution in [0.3, 0.4) is 0 Å². The zero-order chi connectivity index (χ0) is 36.0. The smallest absolute Gasteiger partial charge is 0.156 e. The highest BCUT2D eigenvalue weighted by molar-refractivity contribution is 5.58. The van der Waals surface area contributed by atoms with Crippen LogP contribution in [-0.4, -0.2) is 22.0 Å². The minimum Gasteiger partial charge on any atom is -0.728 e. The highest BCUT2D eigenvalue weighted by atomic mass is 17.1. The highest BCUT2D eigenvalue weighted by Crippen LogP contribution is 2.48. The molecule has 0 fully saturated rings. The fraction of sp³-hybridized carbons (Fsp3) is 0.684. The second-order valence-electron chi connectivity index (χ2n) is 18.6. The van der Waals surface area contributed by atoms with Gasteiger partial charge in [-0.05, 0) is 74.3 Å². The maximum absolute atomic E-state index is 13.2. The van der Waals surface area contributed by atoms with Crippen molar-refractivity contribution in [2.45, 2.75) is 170 Å². The second kappa shape index (κ2) is 13.4. The van der Waals surface area contributed by atoms with Gasteiger partial charge in [0.1, 0.15) is 0 Å². The lowest BCUT2D eigenvalue weighted by molar-refractivity contribution is -0.328. The SMILES string of the molecule is CC(c1cc(C(C)(C)C)cc(C(C)(C)C)c1ON([O-])OC(C)(C)C)c1cc(C(C)(C)C)cc(C(C)(C)C)c1ON([O-])OC(C)(C)C. The van der Waals surface area contributed by atoms with Gasteiger partial charge in [0.15, 0.2) is 11.5 Å². The van der Waals surface area contributed by atoms with Gasteiger partial charge in [-0.25, -0.2) is 0 Å². The summed E-state index contributed by atoms with van der Waals surface area (Å²) in [4.78, 5) is 23.3. The Kier molecular flexibility index (Phi) is 11.6. The molecule has 0 unspecified atom stereocenters. The van der Waals surface area contributed by atoms with Crippen LogP contribution in [-0.2, 0) is 31.3 Å². The summed E-state index contributed by atoms with van der Waals surface area (Å²) in [5.41, 5.74) is 2.75. The predicted molar refractivity (Wildman–Crippen MR) is 189 cm³/mol. The third-order valence-electron chi connectivity index (χ3n) is 7.54. The van der Waals surface area contributed by atoms with Gasteiger partial charge in [-0.3, -0.25) is 9.68 Å². The lowest BCUT2D eigenvalue weighted by Crippen LogP contribution is -2.34. The summed E-state index contributed by atoms with van der Waals surface area (Å²) >= 11 is 0. The minimum absolute atomic E-state index is 0.206. The molecule has 0 atom stereocenters. The van der Waals surface area contributed by atoms with Crippen molar-refractivity contribution < 1.29 is 19.4 Å². The van der Waals surface area contributed by atoms with E-state index >= 15 is 0 Å². The van der Waals surface area contributed by atoms with Crippen LogP contribution >= 0.6 is 0 Å². The van der Waals surface area contributed by atoms with Crippen molar-refractivity contribution in [3.63, 3.8) is 0 Å². The summed E-state index contributed by atoms with van der Waals surface area (Å²) in [7, 11) is 0. The van der Waals surface area contributed by atoms with Crippen molar-refractivity contribution in [2.24, 2.45) is 0 Å². The van der Waals surface area contributed by atoms with Gasteiger partial charge in [0.25, 0.3) is 0 Å². The number of nitrogens with zero attached hydrogens (tertiary/aromatic N) is 2. The molecule has 0 aliphatic carbocycles. The zero-order valence-corrected chi connectivity index (χ0v) is 32.2. The molecule has 0 heterocycles. The Hall–Kier alpha value is -2.20. The van der Waals surface area contributed by atoms with E-state index in [2.05, 4.69) is 114 Å². The molecule has 0 amide bonds. The van der Waals surface area contributed by atoms with Crippen LogP contribution in [0.15, 0.2) is 24.3 Å². The Labute approximate surface area is 279 Å². The van der Waals surface area contributed by atoms with E-state index in [0.29, 0.717) is 11.5 Å². The molecule has 0 bridgehead atoms. The van der Waals surface area contributed by atoms with Crippen molar-refractivity contribution in [2.75, 3.05) is 0 Å². The Morgan fingerprint density at radius 1 is 0.478 bits per heavy atom. The van der Waals surface area contributed by atoms with Gasteiger partial charge in [0.2, 0.25) is 0 Å². The van der Waals surface area contributed by atoms with Crippen LogP contribution in [0.25, 0.3) is 0 Å². The van der Waals surface area contributed by atoms with Gasteiger partial charge in [-0.15, -0.1) is 0 Å². The van der Waals surface area contributed by atoms with E-state index in [4.69, 9.17) is 19.4 Å². The Balaban J connectivity index is 3.10. The van der Waals surface area contributed by atoms with Crippen LogP contribution < -0.4 is 9.68 Å². The van der Waals surface area contributed by atoms with E-state index in [-0.39, 0.29) is 38.4 Å². The summed E-state index contributed by atoms with van der Waals surface area (Å²) in [5, 5.41) is 26.8. The van der Waals surface area contributed by atoms with Crippen molar-refractivity contribution in [1.82, 2.24) is 10.8 Å². The molecule has 0 saturated heterocycles. The molecule has 0 N–H and O–H groups in total. The van der Waals surface area contributed by atoms with Gasteiger partial charge in [0, 0.05) is 28.2 Å². The molecule has 8 nitrogen and oxygen atoms in total. The van der Waals surface area contributed by atoms with E-state index in [0.717, 1.165) is 33.4 Å². The van der Waals surface area contributed by atoms with E-state index < -0.39 is 11.2 Å². The fourth-order valence-electron chi connectivity index (χ4n) is 4.93. The first-order valence-corrected chi connectivity index (χ1v) is 16.4. The number of benzene rings is 2. The molecule has 2 rings (SSSR count). The fourth-order valence-corrected chi connectivity index (χ4v) is 4.93. The molecule has 262 valence electrons. The van der Waals surface area contributed by atoms with Gasteiger partial charge >= 0.3 is 0 Å². The third kappa shape index (κ3) is 10.9. The summed E-state index contributed by atoms with van der Waals surface area (Å²) in [5.74, 6) is 0.450. The highest BCUT2D eigenvalue weighted by Gasteiger charge is 2.34. The number of hydrogen-bond acceptors (Lipinski definition) is 8. The first-order chi connectivity index (χ1) is 20.3. The molecule has 2 aromatic rings. The molecular weight excluding hydrogens is 580 g/mol. The molecule has 0 saturated carbocycles. The van der Waals surface area contributed by atoms with Crippen molar-refractivity contribution in [3.8, 4) is 11.5 Å². The summed E-state index contributed by atoms with van der Waals surface area (Å²) < 4.78 is 0. The summed E-state index contributed by atoms with van der Waals surface area (Å²) in [6.45, 7) is 38.4. The standard InChI is InChI=1S/C38H62N2O6/c1-24(27-20-25(33(2,3)4)22-29(35(8,9)10)31(27)43-39(41)45-37(14,15)16)28-21-26(34(5,6)7)23-30(36(11,12)13)32(28)44-40(42)46-38(17,18)19/h20-24H,1-19H3/q-2. The lowest BCUT2D eigenvalue weighted by atomic mass is 9.74. The molecule has 0 aliphatic heterocycles. The number of rotatable bonds is 8. The molecule has 0 radical (unpaired) electrons. The van der Waals surface area contributed by atoms with E-state index in [1.807, 2.05) is 0 Å². The minimum atomic E-state index is -0.769. The van der Waals surface area contributed by atoms with Crippen LogP contribution in [0.1, 0.15) is 171 Å². The van der Waals surface area contributed by atoms with Gasteiger partial charge in [0.05, 0.1) is 11.2 Å². The van der Waals surface area contributed by atoms with Gasteiger partial charge in [-0.1, -0.05) is 125 Å². The molecular formula is C38H62N2O6-2. The monoisotopic (exact) mass is 642 g/mol. The Bertz CT molecular complexity index is 1240. The molecule has 8 heteroatoms. The molecule has 0 spiro atoms. The van der Waals surface area contributed by atoms with Crippen LogP contribution in [0.4, 0.5) is 0 Å². The van der Waals surface area contributed by atoms with E-state index in [9.17, 15) is 10.4 Å². The quantitative estimate of drug-likeness (QED) is 0.263. The predicted octanol–water partition coefficient (Wildman–Crippen LogP) is 10.7.